The summed E-state index contributed by atoms with van der Waals surface area (Å²) in [6, 6.07) is 0. The molecule has 2 rings (SSSR count). The van der Waals surface area contributed by atoms with Crippen molar-refractivity contribution in [3.63, 3.8) is 0 Å². The van der Waals surface area contributed by atoms with Gasteiger partial charge in [-0.1, -0.05) is 0 Å². The van der Waals surface area contributed by atoms with Crippen LogP contribution in [0.2, 0.25) is 0 Å². The van der Waals surface area contributed by atoms with Gasteiger partial charge >= 0.3 is 192 Å². The normalized spacial score (nSPS) is 29.7. The average Bonchev–Trinajstić information content (AvgIpc) is 2.52. The van der Waals surface area contributed by atoms with E-state index in [-0.39, 0.29) is 22.9 Å². The Labute approximate surface area is 192 Å². The molecule has 0 bridgehead atoms. The molecule has 2 aliphatic heterocycles. The molecule has 0 aliphatic carbocycles. The van der Waals surface area contributed by atoms with Crippen molar-refractivity contribution in [2.75, 3.05) is 39.3 Å². The Kier molecular flexibility index (Phi) is 9.52. The SMILES string of the molecule is CCCCN1CC(C)[O][Sn]2([O]C(C)(C)C1)[O]C(C)(C)CN(CCCC)CC(C)(C)[O]2. The number of nitrogens with zero attached hydrogens (tertiary/aromatic N) is 2. The van der Waals surface area contributed by atoms with E-state index in [9.17, 15) is 0 Å². The van der Waals surface area contributed by atoms with Crippen molar-refractivity contribution in [1.29, 1.82) is 0 Å². The Hall–Kier alpha value is 0.559. The average molecular weight is 535 g/mol. The van der Waals surface area contributed by atoms with Crippen molar-refractivity contribution >= 4 is 20.0 Å². The van der Waals surface area contributed by atoms with E-state index in [1.54, 1.807) is 0 Å². The van der Waals surface area contributed by atoms with Gasteiger partial charge in [-0.2, -0.15) is 0 Å². The van der Waals surface area contributed by atoms with Crippen molar-refractivity contribution in [3.8, 4) is 0 Å². The summed E-state index contributed by atoms with van der Waals surface area (Å²) in [5.41, 5.74) is -1.13. The Bertz CT molecular complexity index is 505. The summed E-state index contributed by atoms with van der Waals surface area (Å²) < 4.78 is 27.1. The second kappa shape index (κ2) is 10.7. The molecule has 0 N–H and O–H groups in total. The van der Waals surface area contributed by atoms with Crippen molar-refractivity contribution in [1.82, 2.24) is 9.80 Å². The molecule has 1 atom stereocenters. The van der Waals surface area contributed by atoms with Crippen LogP contribution in [0.25, 0.3) is 0 Å². The van der Waals surface area contributed by atoms with Crippen LogP contribution in [0.5, 0.6) is 0 Å². The predicted molar refractivity (Wildman–Crippen MR) is 124 cm³/mol. The summed E-state index contributed by atoms with van der Waals surface area (Å²) in [6.45, 7) is 25.2. The standard InChI is InChI=1S/C12H25NO2.C11H23NO2.Sn/c1-6-7-8-13(9-11(2,3)14)10-12(4,5)15;1-5-6-7-12(8-10(2)13)9-11(3,4)14;/h6-10H2,1-5H3;10H,5-9H2,1-4H3;/q2*-2;+4. The number of rotatable bonds is 6. The molecule has 7 heteroatoms. The van der Waals surface area contributed by atoms with Gasteiger partial charge < -0.3 is 0 Å². The first-order valence-electron chi connectivity index (χ1n) is 12.0. The second-order valence-electron chi connectivity index (χ2n) is 11.2. The van der Waals surface area contributed by atoms with Crippen LogP contribution in [0, 0.1) is 0 Å². The van der Waals surface area contributed by atoms with Gasteiger partial charge in [0.05, 0.1) is 0 Å². The molecular weight excluding hydrogens is 487 g/mol. The molecule has 30 heavy (non-hydrogen) atoms. The molecule has 2 aliphatic rings. The van der Waals surface area contributed by atoms with Crippen LogP contribution in [0.15, 0.2) is 0 Å². The maximum atomic E-state index is 6.79. The molecule has 1 spiro atoms. The Morgan fingerprint density at radius 1 is 0.733 bits per heavy atom. The van der Waals surface area contributed by atoms with E-state index < -0.39 is 20.0 Å². The van der Waals surface area contributed by atoms with Crippen LogP contribution < -0.4 is 0 Å². The Morgan fingerprint density at radius 3 is 1.57 bits per heavy atom. The van der Waals surface area contributed by atoms with Crippen molar-refractivity contribution in [2.24, 2.45) is 0 Å². The van der Waals surface area contributed by atoms with Gasteiger partial charge in [-0.25, -0.2) is 0 Å². The van der Waals surface area contributed by atoms with Crippen molar-refractivity contribution in [3.05, 3.63) is 0 Å². The fourth-order valence-corrected chi connectivity index (χ4v) is 13.5. The number of hydrogen-bond acceptors (Lipinski definition) is 6. The zero-order valence-corrected chi connectivity index (χ0v) is 24.0. The first kappa shape index (κ1) is 26.8. The van der Waals surface area contributed by atoms with E-state index in [0.29, 0.717) is 0 Å². The van der Waals surface area contributed by atoms with E-state index in [4.69, 9.17) is 12.3 Å². The van der Waals surface area contributed by atoms with Crippen LogP contribution >= 0.6 is 0 Å². The quantitative estimate of drug-likeness (QED) is 0.469. The Balaban J connectivity index is 2.28. The van der Waals surface area contributed by atoms with E-state index in [2.05, 4.69) is 72.1 Å². The molecule has 0 amide bonds. The molecule has 0 aromatic carbocycles. The monoisotopic (exact) mass is 536 g/mol. The molecule has 2 fully saturated rings. The van der Waals surface area contributed by atoms with Gasteiger partial charge in [-0.15, -0.1) is 0 Å². The topological polar surface area (TPSA) is 43.4 Å². The minimum absolute atomic E-state index is 0.0241. The summed E-state index contributed by atoms with van der Waals surface area (Å²) in [4.78, 5) is 4.95. The summed E-state index contributed by atoms with van der Waals surface area (Å²) in [6.07, 6.45) is 4.79. The molecule has 0 radical (unpaired) electrons. The summed E-state index contributed by atoms with van der Waals surface area (Å²) >= 11 is -4.34. The van der Waals surface area contributed by atoms with E-state index in [1.807, 2.05) is 0 Å². The third-order valence-corrected chi connectivity index (χ3v) is 14.4. The van der Waals surface area contributed by atoms with Gasteiger partial charge in [0.15, 0.2) is 0 Å². The molecule has 178 valence electrons. The van der Waals surface area contributed by atoms with E-state index >= 15 is 0 Å². The molecule has 0 aromatic rings. The minimum atomic E-state index is -4.34. The predicted octanol–water partition coefficient (Wildman–Crippen LogP) is 4.44. The first-order valence-corrected chi connectivity index (χ1v) is 16.7. The Morgan fingerprint density at radius 2 is 1.13 bits per heavy atom. The van der Waals surface area contributed by atoms with Gasteiger partial charge in [-0.05, 0) is 0 Å². The zero-order chi connectivity index (χ0) is 22.6. The third kappa shape index (κ3) is 8.49. The molecule has 6 nitrogen and oxygen atoms in total. The van der Waals surface area contributed by atoms with Gasteiger partial charge in [0, 0.05) is 0 Å². The maximum absolute atomic E-state index is 6.79. The summed E-state index contributed by atoms with van der Waals surface area (Å²) in [5, 5.41) is 0. The van der Waals surface area contributed by atoms with Crippen molar-refractivity contribution < 1.29 is 12.3 Å². The number of unbranched alkanes of at least 4 members (excludes halogenated alkanes) is 2. The molecule has 1 unspecified atom stereocenters. The first-order chi connectivity index (χ1) is 13.8. The van der Waals surface area contributed by atoms with Gasteiger partial charge in [0.25, 0.3) is 0 Å². The fourth-order valence-electron chi connectivity index (χ4n) is 4.72. The van der Waals surface area contributed by atoms with Crippen LogP contribution in [0.4, 0.5) is 0 Å². The number of hydrogen-bond donors (Lipinski definition) is 0. The van der Waals surface area contributed by atoms with Gasteiger partial charge in [0.1, 0.15) is 0 Å². The third-order valence-electron chi connectivity index (χ3n) is 5.53. The van der Waals surface area contributed by atoms with Crippen LogP contribution in [0.1, 0.15) is 88.0 Å². The van der Waals surface area contributed by atoms with Crippen LogP contribution in [-0.2, 0) is 12.3 Å². The molecule has 2 saturated heterocycles. The van der Waals surface area contributed by atoms with E-state index in [1.165, 1.54) is 25.7 Å². The second-order valence-corrected chi connectivity index (χ2v) is 16.4. The van der Waals surface area contributed by atoms with Gasteiger partial charge in [0.2, 0.25) is 0 Å². The summed E-state index contributed by atoms with van der Waals surface area (Å²) in [5.74, 6) is 0. The summed E-state index contributed by atoms with van der Waals surface area (Å²) in [7, 11) is 0. The molecule has 2 heterocycles. The fraction of sp³-hybridized carbons (Fsp3) is 1.00. The molecular formula is C23H48N2O4Sn. The van der Waals surface area contributed by atoms with Crippen LogP contribution in [-0.4, -0.2) is 92.0 Å². The zero-order valence-electron chi connectivity index (χ0n) is 21.2. The van der Waals surface area contributed by atoms with E-state index in [0.717, 1.165) is 39.3 Å². The molecule has 0 aromatic heterocycles. The van der Waals surface area contributed by atoms with Crippen molar-refractivity contribution in [2.45, 2.75) is 111 Å². The van der Waals surface area contributed by atoms with Gasteiger partial charge in [-0.3, -0.25) is 0 Å². The van der Waals surface area contributed by atoms with Crippen LogP contribution in [0.3, 0.4) is 0 Å². The molecule has 0 saturated carbocycles.